The van der Waals surface area contributed by atoms with E-state index in [1.54, 1.807) is 18.2 Å². The molecule has 142 valence electrons. The van der Waals surface area contributed by atoms with Gasteiger partial charge in [0, 0.05) is 11.6 Å². The van der Waals surface area contributed by atoms with Crippen molar-refractivity contribution in [1.82, 2.24) is 0 Å². The third-order valence-corrected chi connectivity index (χ3v) is 4.34. The second-order valence-electron chi connectivity index (χ2n) is 7.04. The maximum absolute atomic E-state index is 10.3. The van der Waals surface area contributed by atoms with E-state index >= 15 is 0 Å². The van der Waals surface area contributed by atoms with Gasteiger partial charge in [-0.2, -0.15) is 0 Å². The predicted octanol–water partition coefficient (Wildman–Crippen LogP) is 6.21. The minimum Gasteiger partial charge on any atom is -0.508 e. The van der Waals surface area contributed by atoms with Crippen LogP contribution in [0.4, 0.5) is 0 Å². The molecule has 3 nitrogen and oxygen atoms in total. The van der Waals surface area contributed by atoms with Crippen LogP contribution < -0.4 is 0 Å². The van der Waals surface area contributed by atoms with E-state index in [-0.39, 0.29) is 17.2 Å². The van der Waals surface area contributed by atoms with Crippen LogP contribution in [0.25, 0.3) is 12.2 Å². The maximum atomic E-state index is 10.3. The number of phenols is 3. The predicted molar refractivity (Wildman–Crippen MR) is 113 cm³/mol. The molecule has 3 N–H and O–H groups in total. The van der Waals surface area contributed by atoms with Crippen molar-refractivity contribution in [3.63, 3.8) is 0 Å². The SMILES string of the molecule is CC(C)=CCC/C(C)=C/Cc1ccc(/C=C/c2ccc(O)cc2O)cc1O. The highest BCUT2D eigenvalue weighted by Crippen LogP contribution is 2.26. The fourth-order valence-electron chi connectivity index (χ4n) is 2.69. The van der Waals surface area contributed by atoms with Gasteiger partial charge in [0.25, 0.3) is 0 Å². The second-order valence-corrected chi connectivity index (χ2v) is 7.04. The molecule has 0 amide bonds. The summed E-state index contributed by atoms with van der Waals surface area (Å²) < 4.78 is 0. The summed E-state index contributed by atoms with van der Waals surface area (Å²) in [6.07, 6.45) is 10.7. The van der Waals surface area contributed by atoms with Gasteiger partial charge in [-0.05, 0) is 69.4 Å². The van der Waals surface area contributed by atoms with Gasteiger partial charge in [-0.3, -0.25) is 0 Å². The lowest BCUT2D eigenvalue weighted by Crippen LogP contribution is -1.86. The quantitative estimate of drug-likeness (QED) is 0.404. The normalized spacial score (nSPS) is 11.7. The van der Waals surface area contributed by atoms with Crippen LogP contribution in [-0.2, 0) is 6.42 Å². The number of benzene rings is 2. The molecule has 0 radical (unpaired) electrons. The molecule has 0 saturated heterocycles. The van der Waals surface area contributed by atoms with E-state index < -0.39 is 0 Å². The fraction of sp³-hybridized carbons (Fsp3) is 0.250. The van der Waals surface area contributed by atoms with Gasteiger partial charge in [-0.15, -0.1) is 0 Å². The summed E-state index contributed by atoms with van der Waals surface area (Å²) in [6, 6.07) is 10.0. The Bertz CT molecular complexity index is 869. The third kappa shape index (κ3) is 6.70. The Kier molecular flexibility index (Phi) is 7.30. The molecular weight excluding hydrogens is 336 g/mol. The number of allylic oxidation sites excluding steroid dienone is 4. The molecule has 0 spiro atoms. The zero-order chi connectivity index (χ0) is 19.8. The van der Waals surface area contributed by atoms with Gasteiger partial charge in [0.05, 0.1) is 0 Å². The fourth-order valence-corrected chi connectivity index (χ4v) is 2.69. The smallest absolute Gasteiger partial charge is 0.126 e. The lowest BCUT2D eigenvalue weighted by molar-refractivity contribution is 0.450. The zero-order valence-corrected chi connectivity index (χ0v) is 16.2. The van der Waals surface area contributed by atoms with Gasteiger partial charge in [0.15, 0.2) is 0 Å². The monoisotopic (exact) mass is 364 g/mol. The van der Waals surface area contributed by atoms with Crippen molar-refractivity contribution in [3.05, 3.63) is 76.4 Å². The van der Waals surface area contributed by atoms with Crippen LogP contribution in [0.2, 0.25) is 0 Å². The molecule has 2 aromatic carbocycles. The molecule has 0 aliphatic carbocycles. The van der Waals surface area contributed by atoms with E-state index in [1.807, 2.05) is 18.2 Å². The number of hydrogen-bond acceptors (Lipinski definition) is 3. The van der Waals surface area contributed by atoms with Gasteiger partial charge in [-0.25, -0.2) is 0 Å². The average Bonchev–Trinajstić information content (AvgIpc) is 2.60. The molecule has 0 atom stereocenters. The van der Waals surface area contributed by atoms with Crippen LogP contribution in [0.1, 0.15) is 50.3 Å². The third-order valence-electron chi connectivity index (χ3n) is 4.34. The lowest BCUT2D eigenvalue weighted by atomic mass is 10.0. The number of phenolic OH excluding ortho intramolecular Hbond substituents is 3. The average molecular weight is 364 g/mol. The largest absolute Gasteiger partial charge is 0.508 e. The first-order valence-electron chi connectivity index (χ1n) is 9.16. The Hall–Kier alpha value is -2.94. The van der Waals surface area contributed by atoms with E-state index in [0.29, 0.717) is 12.0 Å². The van der Waals surface area contributed by atoms with Crippen LogP contribution in [0, 0.1) is 0 Å². The van der Waals surface area contributed by atoms with Gasteiger partial charge in [0.1, 0.15) is 17.2 Å². The second kappa shape index (κ2) is 9.67. The van der Waals surface area contributed by atoms with E-state index in [1.165, 1.54) is 23.3 Å². The molecule has 0 saturated carbocycles. The minimum absolute atomic E-state index is 0.0146. The molecular formula is C24H28O3. The van der Waals surface area contributed by atoms with Crippen LogP contribution >= 0.6 is 0 Å². The molecule has 0 bridgehead atoms. The maximum Gasteiger partial charge on any atom is 0.126 e. The van der Waals surface area contributed by atoms with E-state index in [4.69, 9.17) is 0 Å². The first-order chi connectivity index (χ1) is 12.8. The van der Waals surface area contributed by atoms with Crippen molar-refractivity contribution in [2.24, 2.45) is 0 Å². The van der Waals surface area contributed by atoms with E-state index in [0.717, 1.165) is 24.0 Å². The molecule has 0 aliphatic heterocycles. The van der Waals surface area contributed by atoms with Crippen molar-refractivity contribution >= 4 is 12.2 Å². The highest BCUT2D eigenvalue weighted by molar-refractivity contribution is 5.73. The number of hydrogen-bond donors (Lipinski definition) is 3. The Morgan fingerprint density at radius 3 is 2.30 bits per heavy atom. The standard InChI is InChI=1S/C24H28O3/c1-17(2)5-4-6-18(3)7-10-20-11-8-19(15-23(20)26)9-12-21-13-14-22(25)16-24(21)27/h5,7-9,11-16,25-27H,4,6,10H2,1-3H3/b12-9+,18-7+. The summed E-state index contributed by atoms with van der Waals surface area (Å²) in [5.74, 6) is 0.303. The molecule has 27 heavy (non-hydrogen) atoms. The highest BCUT2D eigenvalue weighted by atomic mass is 16.3. The van der Waals surface area contributed by atoms with Gasteiger partial charge in [-0.1, -0.05) is 47.6 Å². The molecule has 3 heteroatoms. The minimum atomic E-state index is 0.0146. The Morgan fingerprint density at radius 1 is 0.852 bits per heavy atom. The topological polar surface area (TPSA) is 60.7 Å². The molecule has 2 aromatic rings. The van der Waals surface area contributed by atoms with Crippen molar-refractivity contribution in [1.29, 1.82) is 0 Å². The molecule has 0 aliphatic rings. The molecule has 0 fully saturated rings. The summed E-state index contributed by atoms with van der Waals surface area (Å²) in [7, 11) is 0. The molecule has 0 aromatic heterocycles. The van der Waals surface area contributed by atoms with Crippen molar-refractivity contribution in [2.75, 3.05) is 0 Å². The molecule has 0 unspecified atom stereocenters. The number of rotatable bonds is 7. The summed E-state index contributed by atoms with van der Waals surface area (Å²) in [6.45, 7) is 6.34. The van der Waals surface area contributed by atoms with Crippen LogP contribution in [-0.4, -0.2) is 15.3 Å². The van der Waals surface area contributed by atoms with Gasteiger partial charge < -0.3 is 15.3 Å². The van der Waals surface area contributed by atoms with Crippen LogP contribution in [0.3, 0.4) is 0 Å². The van der Waals surface area contributed by atoms with Crippen LogP contribution in [0.15, 0.2) is 59.7 Å². The van der Waals surface area contributed by atoms with Gasteiger partial charge >= 0.3 is 0 Å². The van der Waals surface area contributed by atoms with Crippen molar-refractivity contribution < 1.29 is 15.3 Å². The van der Waals surface area contributed by atoms with E-state index in [9.17, 15) is 15.3 Å². The highest BCUT2D eigenvalue weighted by Gasteiger charge is 2.02. The first-order valence-corrected chi connectivity index (χ1v) is 9.16. The summed E-state index contributed by atoms with van der Waals surface area (Å²) in [4.78, 5) is 0. The van der Waals surface area contributed by atoms with E-state index in [2.05, 4.69) is 32.9 Å². The Morgan fingerprint density at radius 2 is 1.63 bits per heavy atom. The summed E-state index contributed by atoms with van der Waals surface area (Å²) >= 11 is 0. The van der Waals surface area contributed by atoms with Crippen LogP contribution in [0.5, 0.6) is 17.2 Å². The molecule has 0 heterocycles. The summed E-state index contributed by atoms with van der Waals surface area (Å²) in [5, 5.41) is 29.4. The number of aromatic hydroxyl groups is 3. The summed E-state index contributed by atoms with van der Waals surface area (Å²) in [5.41, 5.74) is 4.99. The van der Waals surface area contributed by atoms with Crippen molar-refractivity contribution in [3.8, 4) is 17.2 Å². The first kappa shape index (κ1) is 20.4. The molecule has 2 rings (SSSR count). The Labute approximate surface area is 161 Å². The van der Waals surface area contributed by atoms with Crippen molar-refractivity contribution in [2.45, 2.75) is 40.0 Å². The lowest BCUT2D eigenvalue weighted by Gasteiger charge is -2.05. The van der Waals surface area contributed by atoms with Gasteiger partial charge in [0.2, 0.25) is 0 Å². The Balaban J connectivity index is 2.02. The zero-order valence-electron chi connectivity index (χ0n) is 16.2.